The second-order valence-corrected chi connectivity index (χ2v) is 13.2. The number of hydrogen-bond acceptors (Lipinski definition) is 17. The lowest BCUT2D eigenvalue weighted by atomic mass is 10.1. The zero-order chi connectivity index (χ0) is 31.8. The van der Waals surface area contributed by atoms with Crippen LogP contribution in [0.3, 0.4) is 0 Å². The Morgan fingerprint density at radius 3 is 2.47 bits per heavy atom. The maximum atomic E-state index is 13.3. The van der Waals surface area contributed by atoms with Crippen molar-refractivity contribution in [2.24, 2.45) is 0 Å². The van der Waals surface area contributed by atoms with Crippen LogP contribution >= 0.6 is 7.82 Å². The van der Waals surface area contributed by atoms with Gasteiger partial charge in [0.1, 0.15) is 42.4 Å². The van der Waals surface area contributed by atoms with Crippen LogP contribution in [0.4, 0.5) is 11.8 Å². The molecule has 0 spiro atoms. The van der Waals surface area contributed by atoms with E-state index >= 15 is 0 Å². The third-order valence-electron chi connectivity index (χ3n) is 7.49. The molecular formula is C20H25N12O11PS. The molecule has 4 aromatic heterocycles. The van der Waals surface area contributed by atoms with Gasteiger partial charge in [0.05, 0.1) is 25.3 Å². The van der Waals surface area contributed by atoms with Crippen molar-refractivity contribution in [3.8, 4) is 0 Å². The summed E-state index contributed by atoms with van der Waals surface area (Å²) in [5, 5.41) is 22.2. The zero-order valence-corrected chi connectivity index (χ0v) is 24.2. The summed E-state index contributed by atoms with van der Waals surface area (Å²) in [6.07, 6.45) is -6.93. The molecule has 0 aromatic carbocycles. The molecule has 4 aromatic rings. The molecule has 23 nitrogen and oxygen atoms in total. The lowest BCUT2D eigenvalue weighted by Gasteiger charge is -2.25. The Kier molecular flexibility index (Phi) is 7.13. The Balaban J connectivity index is 1.21. The number of hydrogen-bond donors (Lipinski definition) is 8. The summed E-state index contributed by atoms with van der Waals surface area (Å²) in [5.74, 6) is -0.220. The van der Waals surface area contributed by atoms with E-state index in [1.165, 1.54) is 15.5 Å². The van der Waals surface area contributed by atoms with E-state index in [1.807, 2.05) is 0 Å². The molecule has 7 heterocycles. The summed E-state index contributed by atoms with van der Waals surface area (Å²) in [7, 11) is -9.55. The maximum absolute atomic E-state index is 13.3. The number of rotatable bonds is 2. The fraction of sp³-hybridized carbons (Fsp3) is 0.500. The second kappa shape index (κ2) is 10.7. The molecular weight excluding hydrogens is 647 g/mol. The van der Waals surface area contributed by atoms with Gasteiger partial charge in [-0.25, -0.2) is 24.5 Å². The van der Waals surface area contributed by atoms with Gasteiger partial charge in [-0.05, 0) is 0 Å². The largest absolute Gasteiger partial charge is 0.472 e. The highest BCUT2D eigenvalue weighted by atomic mass is 32.2. The third kappa shape index (κ3) is 5.24. The van der Waals surface area contributed by atoms with E-state index < -0.39 is 85.8 Å². The highest BCUT2D eigenvalue weighted by Crippen LogP contribution is 2.49. The lowest BCUT2D eigenvalue weighted by Crippen LogP contribution is -2.52. The Labute approximate surface area is 250 Å². The lowest BCUT2D eigenvalue weighted by molar-refractivity contribution is -0.0504. The summed E-state index contributed by atoms with van der Waals surface area (Å²) < 4.78 is 68.7. The summed E-state index contributed by atoms with van der Waals surface area (Å²) in [6.45, 7) is -1.38. The minimum absolute atomic E-state index is 0.0456. The summed E-state index contributed by atoms with van der Waals surface area (Å²) >= 11 is 0. The molecule has 3 fully saturated rings. The molecule has 3 aliphatic heterocycles. The molecule has 7 rings (SSSR count). The van der Waals surface area contributed by atoms with Crippen LogP contribution in [0.5, 0.6) is 0 Å². The van der Waals surface area contributed by atoms with Crippen LogP contribution in [0.1, 0.15) is 12.5 Å². The van der Waals surface area contributed by atoms with Crippen LogP contribution in [-0.4, -0.2) is 112 Å². The van der Waals surface area contributed by atoms with Gasteiger partial charge >= 0.3 is 7.82 Å². The van der Waals surface area contributed by atoms with Crippen LogP contribution in [0.15, 0.2) is 23.8 Å². The number of aliphatic hydroxyl groups is 2. The van der Waals surface area contributed by atoms with Crippen molar-refractivity contribution >= 4 is 52.1 Å². The highest BCUT2D eigenvalue weighted by molar-refractivity contribution is 7.87. The van der Waals surface area contributed by atoms with E-state index in [-0.39, 0.29) is 34.1 Å². The quantitative estimate of drug-likeness (QED) is 0.0939. The molecule has 45 heavy (non-hydrogen) atoms. The van der Waals surface area contributed by atoms with Crippen LogP contribution in [0.25, 0.3) is 22.3 Å². The van der Waals surface area contributed by atoms with Gasteiger partial charge in [0.15, 0.2) is 35.1 Å². The zero-order valence-electron chi connectivity index (χ0n) is 22.5. The number of imidazole rings is 2. The predicted molar refractivity (Wildman–Crippen MR) is 147 cm³/mol. The van der Waals surface area contributed by atoms with Gasteiger partial charge in [-0.1, -0.05) is 0 Å². The topological polar surface area (TPSA) is 332 Å². The molecule has 0 saturated carbocycles. The summed E-state index contributed by atoms with van der Waals surface area (Å²) in [5.41, 5.74) is 10.9. The number of nitrogens with zero attached hydrogens (tertiary/aromatic N) is 7. The number of aromatic amines is 1. The molecule has 242 valence electrons. The molecule has 0 amide bonds. The number of H-pyrrole nitrogens is 1. The smallest absolute Gasteiger partial charge is 0.388 e. The van der Waals surface area contributed by atoms with E-state index in [4.69, 9.17) is 30.0 Å². The number of phosphoric ester groups is 1. The molecule has 0 radical (unpaired) electrons. The number of aliphatic hydroxyl groups excluding tert-OH is 2. The number of fused-ring (bicyclic) bond motifs is 5. The van der Waals surface area contributed by atoms with Gasteiger partial charge in [0.2, 0.25) is 5.95 Å². The average Bonchev–Trinajstić information content (AvgIpc) is 3.72. The summed E-state index contributed by atoms with van der Waals surface area (Å²) in [4.78, 5) is 45.2. The molecule has 10 N–H and O–H groups in total. The standard InChI is InChI=1S/C20H25N12O11PS/c21-14-9-15(24-3-23-14)31(4-25-9)19-12(34)13-6(41-19)1-27-45(38,39)30-8-11(33)7(2-40-44(36,37)43-13)42-18(8)32-5-26-10-16(32)28-20(22)29-17(10)35/h3-8,11-13,18-19,27,30,33-34H,1-2H2,(H,36,37)(H2,21,23,24)(H3,22,28,29,35)/t6-,7-,8?,11+,12+,13?,18-,19-/m1/s1. The van der Waals surface area contributed by atoms with Crippen molar-refractivity contribution in [3.05, 3.63) is 29.3 Å². The third-order valence-corrected chi connectivity index (χ3v) is 9.60. The molecule has 3 unspecified atom stereocenters. The molecule has 25 heteroatoms. The second-order valence-electron chi connectivity index (χ2n) is 10.3. The fourth-order valence-electron chi connectivity index (χ4n) is 5.44. The number of nitrogen functional groups attached to an aromatic ring is 2. The van der Waals surface area contributed by atoms with Gasteiger partial charge in [-0.3, -0.25) is 28.0 Å². The van der Waals surface area contributed by atoms with E-state index in [1.54, 1.807) is 0 Å². The fourth-order valence-corrected chi connectivity index (χ4v) is 7.49. The number of anilines is 2. The Morgan fingerprint density at radius 2 is 1.69 bits per heavy atom. The van der Waals surface area contributed by atoms with Gasteiger partial charge in [0, 0.05) is 6.54 Å². The Hall–Kier alpha value is -3.68. The van der Waals surface area contributed by atoms with Gasteiger partial charge in [0.25, 0.3) is 15.8 Å². The normalized spacial score (nSPS) is 35.5. The average molecular weight is 673 g/mol. The minimum atomic E-state index is -5.03. The van der Waals surface area contributed by atoms with Crippen molar-refractivity contribution in [2.75, 3.05) is 24.6 Å². The maximum Gasteiger partial charge on any atom is 0.472 e. The van der Waals surface area contributed by atoms with Crippen LogP contribution in [0, 0.1) is 0 Å². The van der Waals surface area contributed by atoms with Crippen LogP contribution < -0.4 is 26.5 Å². The first-order chi connectivity index (χ1) is 21.3. The predicted octanol–water partition coefficient (Wildman–Crippen LogP) is -4.05. The van der Waals surface area contributed by atoms with Gasteiger partial charge < -0.3 is 36.0 Å². The van der Waals surface area contributed by atoms with Crippen molar-refractivity contribution in [3.63, 3.8) is 0 Å². The van der Waals surface area contributed by atoms with Crippen molar-refractivity contribution in [1.29, 1.82) is 0 Å². The van der Waals surface area contributed by atoms with E-state index in [0.29, 0.717) is 0 Å². The van der Waals surface area contributed by atoms with Crippen LogP contribution in [-0.2, 0) is 33.3 Å². The Bertz CT molecular complexity index is 2000. The highest BCUT2D eigenvalue weighted by Gasteiger charge is 2.52. The number of ether oxygens (including phenoxy) is 2. The van der Waals surface area contributed by atoms with E-state index in [0.717, 1.165) is 12.7 Å². The van der Waals surface area contributed by atoms with Gasteiger partial charge in [-0.15, -0.1) is 0 Å². The van der Waals surface area contributed by atoms with Gasteiger partial charge in [-0.2, -0.15) is 22.8 Å². The first-order valence-electron chi connectivity index (χ1n) is 13.1. The number of nitrogens with one attached hydrogen (secondary N) is 3. The number of phosphoric acid groups is 1. The molecule has 9 atom stereocenters. The first-order valence-corrected chi connectivity index (χ1v) is 16.0. The molecule has 2 bridgehead atoms. The van der Waals surface area contributed by atoms with Crippen molar-refractivity contribution in [2.45, 2.75) is 49.0 Å². The Morgan fingerprint density at radius 1 is 0.978 bits per heavy atom. The minimum Gasteiger partial charge on any atom is -0.388 e. The first kappa shape index (κ1) is 30.0. The molecule has 3 aliphatic rings. The SMILES string of the molecule is Nc1nc2c(ncn2[C@@H]2O[C@@H]3COP(=O)(O)OC4[C@@H](CNS(=O)(=O)NC2[C@H]3O)O[C@@H](n2cnc3c(N)ncnc32)[C@H]4O)c(=O)[nH]1. The summed E-state index contributed by atoms with van der Waals surface area (Å²) in [6, 6.07) is -1.48. The number of aromatic nitrogens is 8. The van der Waals surface area contributed by atoms with E-state index in [9.17, 15) is 32.9 Å². The number of nitrogens with two attached hydrogens (primary N) is 2. The van der Waals surface area contributed by atoms with Crippen LogP contribution in [0.2, 0.25) is 0 Å². The molecule has 3 saturated heterocycles. The van der Waals surface area contributed by atoms with Crippen molar-refractivity contribution < 1.29 is 46.6 Å². The molecule has 0 aliphatic carbocycles. The van der Waals surface area contributed by atoms with E-state index in [2.05, 4.69) is 39.3 Å². The van der Waals surface area contributed by atoms with Crippen molar-refractivity contribution in [1.82, 2.24) is 48.5 Å². The monoisotopic (exact) mass is 672 g/mol.